The Morgan fingerprint density at radius 3 is 2.94 bits per heavy atom. The lowest BCUT2D eigenvalue weighted by molar-refractivity contribution is 0.0939. The van der Waals surface area contributed by atoms with Gasteiger partial charge in [0.2, 0.25) is 0 Å². The lowest BCUT2D eigenvalue weighted by Crippen LogP contribution is -2.33. The van der Waals surface area contributed by atoms with Crippen LogP contribution in [0.2, 0.25) is 5.02 Å². The van der Waals surface area contributed by atoms with Crippen LogP contribution in [0.1, 0.15) is 23.7 Å². The van der Waals surface area contributed by atoms with Gasteiger partial charge in [-0.25, -0.2) is 0 Å². The summed E-state index contributed by atoms with van der Waals surface area (Å²) in [5.41, 5.74) is 0.482. The molecule has 94 valence electrons. The van der Waals surface area contributed by atoms with Crippen molar-refractivity contribution in [1.82, 2.24) is 5.32 Å². The van der Waals surface area contributed by atoms with Crippen LogP contribution in [0.15, 0.2) is 23.1 Å². The van der Waals surface area contributed by atoms with Gasteiger partial charge in [-0.3, -0.25) is 4.79 Å². The third-order valence-electron chi connectivity index (χ3n) is 2.33. The molecule has 17 heavy (non-hydrogen) atoms. The van der Waals surface area contributed by atoms with Gasteiger partial charge in [-0.05, 0) is 43.6 Å². The van der Waals surface area contributed by atoms with E-state index in [1.807, 2.05) is 6.92 Å². The van der Waals surface area contributed by atoms with E-state index in [1.54, 1.807) is 30.0 Å². The number of carbonyl (C=O) groups excluding carboxylic acids is 1. The summed E-state index contributed by atoms with van der Waals surface area (Å²) in [6.07, 6.45) is 3.00. The second-order valence-corrected chi connectivity index (χ2v) is 5.73. The number of nitrogens with one attached hydrogen (secondary N) is 1. The molecule has 0 aliphatic carbocycles. The van der Waals surface area contributed by atoms with Gasteiger partial charge >= 0.3 is 0 Å². The first-order chi connectivity index (χ1) is 8.04. The fourth-order valence-corrected chi connectivity index (χ4v) is 2.35. The maximum absolute atomic E-state index is 12.0. The summed E-state index contributed by atoms with van der Waals surface area (Å²) in [6.45, 7) is 1.99. The number of thioether (sulfide) groups is 1. The summed E-state index contributed by atoms with van der Waals surface area (Å²) in [4.78, 5) is 12.7. The van der Waals surface area contributed by atoms with Crippen molar-refractivity contribution in [1.29, 1.82) is 0 Å². The molecule has 0 saturated heterocycles. The third-order valence-corrected chi connectivity index (χ3v) is 3.58. The van der Waals surface area contributed by atoms with Crippen molar-refractivity contribution in [3.05, 3.63) is 28.8 Å². The highest BCUT2D eigenvalue weighted by molar-refractivity contribution is 7.98. The van der Waals surface area contributed by atoms with Crippen molar-refractivity contribution < 1.29 is 4.79 Å². The number of hydrogen-bond donors (Lipinski definition) is 2. The Hall–Kier alpha value is -0.320. The first-order valence-corrected chi connectivity index (χ1v) is 7.54. The summed E-state index contributed by atoms with van der Waals surface area (Å²) in [5, 5.41) is 3.38. The van der Waals surface area contributed by atoms with E-state index in [2.05, 4.69) is 24.2 Å². The Balaban J connectivity index is 2.66. The van der Waals surface area contributed by atoms with E-state index in [4.69, 9.17) is 11.6 Å². The quantitative estimate of drug-likeness (QED) is 0.813. The lowest BCUT2D eigenvalue weighted by Gasteiger charge is -2.14. The third kappa shape index (κ3) is 4.82. The van der Waals surface area contributed by atoms with E-state index < -0.39 is 0 Å². The fraction of sp³-hybridized carbons (Fsp3) is 0.417. The molecule has 1 rings (SSSR count). The van der Waals surface area contributed by atoms with Crippen LogP contribution in [0.25, 0.3) is 0 Å². The van der Waals surface area contributed by atoms with E-state index >= 15 is 0 Å². The molecule has 1 aromatic carbocycles. The Kier molecular flexibility index (Phi) is 6.23. The average molecular weight is 290 g/mol. The van der Waals surface area contributed by atoms with Gasteiger partial charge in [0.05, 0.1) is 10.6 Å². The summed E-state index contributed by atoms with van der Waals surface area (Å²) in [5.74, 6) is 0.890. The number of benzene rings is 1. The van der Waals surface area contributed by atoms with Crippen LogP contribution < -0.4 is 5.32 Å². The van der Waals surface area contributed by atoms with Crippen molar-refractivity contribution in [2.24, 2.45) is 0 Å². The predicted octanol–water partition coefficient (Wildman–Crippen LogP) is 3.50. The molecule has 0 saturated carbocycles. The van der Waals surface area contributed by atoms with Crippen molar-refractivity contribution in [2.75, 3.05) is 12.0 Å². The van der Waals surface area contributed by atoms with E-state index in [1.165, 1.54) is 0 Å². The van der Waals surface area contributed by atoms with Gasteiger partial charge in [-0.15, -0.1) is 12.6 Å². The van der Waals surface area contributed by atoms with Crippen LogP contribution in [-0.4, -0.2) is 24.0 Å². The number of thiol groups is 1. The van der Waals surface area contributed by atoms with Gasteiger partial charge in [0.25, 0.3) is 5.91 Å². The number of hydrogen-bond acceptors (Lipinski definition) is 3. The van der Waals surface area contributed by atoms with Crippen molar-refractivity contribution >= 4 is 41.9 Å². The summed E-state index contributed by atoms with van der Waals surface area (Å²) < 4.78 is 0. The molecule has 1 aromatic rings. The van der Waals surface area contributed by atoms with Gasteiger partial charge in [0.1, 0.15) is 0 Å². The molecule has 0 aliphatic heterocycles. The van der Waals surface area contributed by atoms with E-state index in [0.29, 0.717) is 10.6 Å². The number of amides is 1. The molecule has 5 heteroatoms. The van der Waals surface area contributed by atoms with E-state index in [-0.39, 0.29) is 11.9 Å². The van der Waals surface area contributed by atoms with Crippen LogP contribution in [0.4, 0.5) is 0 Å². The molecule has 1 unspecified atom stereocenters. The Morgan fingerprint density at radius 1 is 1.59 bits per heavy atom. The minimum absolute atomic E-state index is 0.139. The van der Waals surface area contributed by atoms with Crippen molar-refractivity contribution in [3.63, 3.8) is 0 Å². The largest absolute Gasteiger partial charge is 0.350 e. The zero-order valence-electron chi connectivity index (χ0n) is 9.87. The minimum atomic E-state index is -0.139. The zero-order valence-corrected chi connectivity index (χ0v) is 12.3. The highest BCUT2D eigenvalue weighted by Crippen LogP contribution is 2.19. The first kappa shape index (κ1) is 14.7. The molecule has 1 N–H and O–H groups in total. The molecular weight excluding hydrogens is 274 g/mol. The smallest absolute Gasteiger partial charge is 0.253 e. The number of carbonyl (C=O) groups is 1. The number of rotatable bonds is 5. The zero-order chi connectivity index (χ0) is 12.8. The predicted molar refractivity (Wildman–Crippen MR) is 78.6 cm³/mol. The first-order valence-electron chi connectivity index (χ1n) is 5.33. The maximum Gasteiger partial charge on any atom is 0.253 e. The Morgan fingerprint density at radius 2 is 2.29 bits per heavy atom. The van der Waals surface area contributed by atoms with Gasteiger partial charge in [-0.1, -0.05) is 11.6 Å². The standard InChI is InChI=1S/C12H16ClNOS2/c1-8(5-6-17-2)14-12(15)10-7-9(16)3-4-11(10)13/h3-4,7-8,16H,5-6H2,1-2H3,(H,14,15). The molecule has 0 radical (unpaired) electrons. The van der Waals surface area contributed by atoms with Crippen LogP contribution in [0.3, 0.4) is 0 Å². The van der Waals surface area contributed by atoms with Crippen molar-refractivity contribution in [2.45, 2.75) is 24.3 Å². The van der Waals surface area contributed by atoms with Crippen LogP contribution in [-0.2, 0) is 0 Å². The summed E-state index contributed by atoms with van der Waals surface area (Å²) >= 11 is 11.9. The van der Waals surface area contributed by atoms with Crippen LogP contribution in [0, 0.1) is 0 Å². The van der Waals surface area contributed by atoms with Gasteiger partial charge in [0.15, 0.2) is 0 Å². The topological polar surface area (TPSA) is 29.1 Å². The van der Waals surface area contributed by atoms with Gasteiger partial charge in [0, 0.05) is 10.9 Å². The second-order valence-electron chi connectivity index (χ2n) is 3.82. The monoisotopic (exact) mass is 289 g/mol. The molecular formula is C12H16ClNOS2. The molecule has 0 heterocycles. The lowest BCUT2D eigenvalue weighted by atomic mass is 10.2. The number of halogens is 1. The normalized spacial score (nSPS) is 12.2. The molecule has 0 bridgehead atoms. The summed E-state index contributed by atoms with van der Waals surface area (Å²) in [6, 6.07) is 5.28. The van der Waals surface area contributed by atoms with Gasteiger partial charge in [-0.2, -0.15) is 11.8 Å². The van der Waals surface area contributed by atoms with E-state index in [9.17, 15) is 4.79 Å². The average Bonchev–Trinajstić information content (AvgIpc) is 2.29. The maximum atomic E-state index is 12.0. The fourth-order valence-electron chi connectivity index (χ4n) is 1.36. The van der Waals surface area contributed by atoms with Gasteiger partial charge < -0.3 is 5.32 Å². The Labute approximate surface area is 117 Å². The molecule has 2 nitrogen and oxygen atoms in total. The molecule has 0 aliphatic rings. The summed E-state index contributed by atoms with van der Waals surface area (Å²) in [7, 11) is 0. The molecule has 0 fully saturated rings. The molecule has 1 atom stereocenters. The second kappa shape index (κ2) is 7.19. The van der Waals surface area contributed by atoms with Crippen LogP contribution in [0.5, 0.6) is 0 Å². The van der Waals surface area contributed by atoms with Crippen LogP contribution >= 0.6 is 36.0 Å². The highest BCUT2D eigenvalue weighted by Gasteiger charge is 2.13. The highest BCUT2D eigenvalue weighted by atomic mass is 35.5. The Bertz CT molecular complexity index is 398. The SMILES string of the molecule is CSCCC(C)NC(=O)c1cc(S)ccc1Cl. The van der Waals surface area contributed by atoms with Crippen molar-refractivity contribution in [3.8, 4) is 0 Å². The molecule has 0 aromatic heterocycles. The minimum Gasteiger partial charge on any atom is -0.350 e. The molecule has 1 amide bonds. The molecule has 0 spiro atoms. The van der Waals surface area contributed by atoms with E-state index in [0.717, 1.165) is 17.1 Å².